The molecule has 0 spiro atoms. The summed E-state index contributed by atoms with van der Waals surface area (Å²) in [4.78, 5) is 2.73. The molecule has 0 aliphatic heterocycles. The molecule has 1 aromatic rings. The minimum absolute atomic E-state index is 0.154. The molecule has 1 N–H and O–H groups in total. The zero-order valence-corrected chi connectivity index (χ0v) is 12.7. The third kappa shape index (κ3) is 5.48. The van der Waals surface area contributed by atoms with Crippen LogP contribution in [0.15, 0.2) is 6.07 Å². The number of hydrogen-bond acceptors (Lipinski definition) is 4. The fourth-order valence-corrected chi connectivity index (χ4v) is 2.65. The minimum Gasteiger partial charge on any atom is -0.379 e. The molecule has 4 heteroatoms. The maximum absolute atomic E-state index is 5.79. The van der Waals surface area contributed by atoms with Crippen molar-refractivity contribution in [3.63, 3.8) is 0 Å². The summed E-state index contributed by atoms with van der Waals surface area (Å²) in [5.74, 6) is 0. The van der Waals surface area contributed by atoms with Gasteiger partial charge in [-0.2, -0.15) is 0 Å². The molecule has 3 nitrogen and oxygen atoms in total. The second kappa shape index (κ2) is 8.64. The normalized spacial score (nSPS) is 12.9. The molecule has 0 amide bonds. The summed E-state index contributed by atoms with van der Waals surface area (Å²) in [5, 5.41) is 3.35. The van der Waals surface area contributed by atoms with Crippen LogP contribution in [-0.2, 0) is 22.6 Å². The van der Waals surface area contributed by atoms with Gasteiger partial charge in [-0.25, -0.2) is 0 Å². The van der Waals surface area contributed by atoms with Crippen LogP contribution in [0.2, 0.25) is 0 Å². The van der Waals surface area contributed by atoms with E-state index in [1.165, 1.54) is 15.3 Å². The smallest absolute Gasteiger partial charge is 0.0785 e. The minimum atomic E-state index is 0.154. The number of rotatable bonds is 9. The van der Waals surface area contributed by atoms with Crippen LogP contribution in [0.4, 0.5) is 0 Å². The van der Waals surface area contributed by atoms with Gasteiger partial charge in [0.05, 0.1) is 19.3 Å². The van der Waals surface area contributed by atoms with E-state index in [0.717, 1.165) is 19.7 Å². The molecule has 18 heavy (non-hydrogen) atoms. The molecule has 0 aliphatic carbocycles. The lowest BCUT2D eigenvalue weighted by atomic mass is 10.2. The van der Waals surface area contributed by atoms with Crippen LogP contribution in [-0.4, -0.2) is 25.9 Å². The number of thiophene rings is 1. The van der Waals surface area contributed by atoms with Crippen molar-refractivity contribution in [1.29, 1.82) is 0 Å². The Hall–Kier alpha value is -0.420. The highest BCUT2D eigenvalue weighted by atomic mass is 32.1. The molecule has 1 unspecified atom stereocenters. The van der Waals surface area contributed by atoms with Crippen molar-refractivity contribution >= 4 is 11.3 Å². The third-order valence-electron chi connectivity index (χ3n) is 2.70. The van der Waals surface area contributed by atoms with Crippen LogP contribution >= 0.6 is 11.3 Å². The first-order chi connectivity index (χ1) is 8.67. The Labute approximate surface area is 114 Å². The fourth-order valence-electron chi connectivity index (χ4n) is 1.63. The van der Waals surface area contributed by atoms with Gasteiger partial charge in [0.2, 0.25) is 0 Å². The second-order valence-corrected chi connectivity index (χ2v) is 5.70. The zero-order valence-electron chi connectivity index (χ0n) is 11.9. The molecule has 1 atom stereocenters. The molecule has 0 radical (unpaired) electrons. The highest BCUT2D eigenvalue weighted by Gasteiger charge is 2.08. The lowest BCUT2D eigenvalue weighted by Gasteiger charge is -2.12. The highest BCUT2D eigenvalue weighted by Crippen LogP contribution is 2.22. The van der Waals surface area contributed by atoms with Crippen LogP contribution < -0.4 is 5.32 Å². The largest absolute Gasteiger partial charge is 0.379 e. The molecule has 1 rings (SSSR count). The van der Waals surface area contributed by atoms with Crippen molar-refractivity contribution in [3.8, 4) is 0 Å². The monoisotopic (exact) mass is 271 g/mol. The number of aryl methyl sites for hydroxylation is 1. The Balaban J connectivity index is 2.39. The summed E-state index contributed by atoms with van der Waals surface area (Å²) in [6.07, 6.45) is 0.154. The maximum Gasteiger partial charge on any atom is 0.0785 e. The summed E-state index contributed by atoms with van der Waals surface area (Å²) in [7, 11) is 0. The van der Waals surface area contributed by atoms with Gasteiger partial charge in [0.1, 0.15) is 0 Å². The lowest BCUT2D eigenvalue weighted by molar-refractivity contribution is -0.0117. The van der Waals surface area contributed by atoms with E-state index >= 15 is 0 Å². The summed E-state index contributed by atoms with van der Waals surface area (Å²) in [6.45, 7) is 12.4. The van der Waals surface area contributed by atoms with Crippen molar-refractivity contribution < 1.29 is 9.47 Å². The molecular weight excluding hydrogens is 246 g/mol. The number of ether oxygens (including phenoxy) is 2. The average molecular weight is 271 g/mol. The van der Waals surface area contributed by atoms with Gasteiger partial charge in [-0.15, -0.1) is 11.3 Å². The van der Waals surface area contributed by atoms with Gasteiger partial charge in [0.25, 0.3) is 0 Å². The van der Waals surface area contributed by atoms with Crippen LogP contribution in [0, 0.1) is 6.92 Å². The van der Waals surface area contributed by atoms with E-state index in [0.29, 0.717) is 13.2 Å². The summed E-state index contributed by atoms with van der Waals surface area (Å²) in [5.41, 5.74) is 1.30. The van der Waals surface area contributed by atoms with Gasteiger partial charge in [-0.1, -0.05) is 6.92 Å². The molecule has 104 valence electrons. The molecule has 0 fully saturated rings. The van der Waals surface area contributed by atoms with Crippen LogP contribution in [0.5, 0.6) is 0 Å². The molecule has 0 bridgehead atoms. The van der Waals surface area contributed by atoms with Crippen LogP contribution in [0.1, 0.15) is 36.1 Å². The van der Waals surface area contributed by atoms with Gasteiger partial charge in [-0.3, -0.25) is 0 Å². The quantitative estimate of drug-likeness (QED) is 0.748. The lowest BCUT2D eigenvalue weighted by Crippen LogP contribution is -2.15. The van der Waals surface area contributed by atoms with E-state index in [4.69, 9.17) is 9.47 Å². The summed E-state index contributed by atoms with van der Waals surface area (Å²) >= 11 is 1.85. The molecule has 0 saturated heterocycles. The Morgan fingerprint density at radius 3 is 2.83 bits per heavy atom. The first-order valence-electron chi connectivity index (χ1n) is 6.65. The Bertz CT molecular complexity index is 339. The average Bonchev–Trinajstić information content (AvgIpc) is 2.72. The second-order valence-electron chi connectivity index (χ2n) is 4.36. The molecule has 0 aromatic carbocycles. The predicted molar refractivity (Wildman–Crippen MR) is 77.2 cm³/mol. The molecule has 0 saturated carbocycles. The Kier molecular flexibility index (Phi) is 7.51. The van der Waals surface area contributed by atoms with Crippen molar-refractivity contribution in [2.45, 2.75) is 47.0 Å². The molecule has 0 aliphatic rings. The highest BCUT2D eigenvalue weighted by molar-refractivity contribution is 7.12. The van der Waals surface area contributed by atoms with E-state index in [1.54, 1.807) is 0 Å². The molecule has 1 heterocycles. The van der Waals surface area contributed by atoms with E-state index in [-0.39, 0.29) is 6.10 Å². The SMILES string of the molecule is CCNCc1cc(COC(C)COCC)c(C)s1. The van der Waals surface area contributed by atoms with E-state index < -0.39 is 0 Å². The number of hydrogen-bond donors (Lipinski definition) is 1. The van der Waals surface area contributed by atoms with Crippen molar-refractivity contribution in [2.24, 2.45) is 0 Å². The topological polar surface area (TPSA) is 30.5 Å². The summed E-state index contributed by atoms with van der Waals surface area (Å²) in [6, 6.07) is 2.25. The van der Waals surface area contributed by atoms with Crippen LogP contribution in [0.25, 0.3) is 0 Å². The maximum atomic E-state index is 5.79. The molecule has 1 aromatic heterocycles. The summed E-state index contributed by atoms with van der Waals surface area (Å²) < 4.78 is 11.1. The van der Waals surface area contributed by atoms with Gasteiger partial charge in [-0.05, 0) is 38.9 Å². The fraction of sp³-hybridized carbons (Fsp3) is 0.714. The van der Waals surface area contributed by atoms with Crippen molar-refractivity contribution in [3.05, 3.63) is 21.4 Å². The van der Waals surface area contributed by atoms with Gasteiger partial charge < -0.3 is 14.8 Å². The third-order valence-corrected chi connectivity index (χ3v) is 3.79. The van der Waals surface area contributed by atoms with Gasteiger partial charge in [0, 0.05) is 22.9 Å². The molecular formula is C14H25NO2S. The van der Waals surface area contributed by atoms with E-state index in [1.807, 2.05) is 18.3 Å². The van der Waals surface area contributed by atoms with Crippen molar-refractivity contribution in [2.75, 3.05) is 19.8 Å². The van der Waals surface area contributed by atoms with E-state index in [9.17, 15) is 0 Å². The van der Waals surface area contributed by atoms with Gasteiger partial charge in [0.15, 0.2) is 0 Å². The Morgan fingerprint density at radius 2 is 2.17 bits per heavy atom. The first-order valence-corrected chi connectivity index (χ1v) is 7.47. The van der Waals surface area contributed by atoms with Crippen molar-refractivity contribution in [1.82, 2.24) is 5.32 Å². The number of nitrogens with one attached hydrogen (secondary N) is 1. The Morgan fingerprint density at radius 1 is 1.39 bits per heavy atom. The standard InChI is InChI=1S/C14H25NO2S/c1-5-15-8-14-7-13(12(4)18-14)10-17-11(3)9-16-6-2/h7,11,15H,5-6,8-10H2,1-4H3. The first kappa shape index (κ1) is 15.6. The van der Waals surface area contributed by atoms with Gasteiger partial charge >= 0.3 is 0 Å². The predicted octanol–water partition coefficient (Wildman–Crippen LogP) is 3.11. The van der Waals surface area contributed by atoms with E-state index in [2.05, 4.69) is 32.2 Å². The van der Waals surface area contributed by atoms with Crippen LogP contribution in [0.3, 0.4) is 0 Å². The zero-order chi connectivity index (χ0) is 13.4.